The lowest BCUT2D eigenvalue weighted by atomic mass is 10.2. The highest BCUT2D eigenvalue weighted by atomic mass is 35.5. The number of para-hydroxylation sites is 3. The summed E-state index contributed by atoms with van der Waals surface area (Å²) in [6.45, 7) is 1.68. The first-order valence-corrected chi connectivity index (χ1v) is 10.3. The van der Waals surface area contributed by atoms with E-state index in [2.05, 4.69) is 15.5 Å². The van der Waals surface area contributed by atoms with Gasteiger partial charge in [-0.2, -0.15) is 0 Å². The van der Waals surface area contributed by atoms with Crippen molar-refractivity contribution in [1.29, 1.82) is 0 Å². The van der Waals surface area contributed by atoms with Gasteiger partial charge in [0.2, 0.25) is 0 Å². The third-order valence-electron chi connectivity index (χ3n) is 4.79. The molecule has 3 aromatic carbocycles. The minimum atomic E-state index is -0.307. The van der Waals surface area contributed by atoms with E-state index in [1.165, 1.54) is 0 Å². The zero-order valence-corrected chi connectivity index (χ0v) is 18.3. The zero-order valence-electron chi connectivity index (χ0n) is 17.6. The molecule has 1 heterocycles. The number of amides is 1. The number of hydrogen-bond acceptors (Lipinski definition) is 5. The van der Waals surface area contributed by atoms with Crippen molar-refractivity contribution >= 4 is 23.2 Å². The molecule has 0 bridgehead atoms. The maximum absolute atomic E-state index is 12.5. The van der Waals surface area contributed by atoms with Gasteiger partial charge >= 0.3 is 6.01 Å². The molecule has 4 aromatic rings. The minimum absolute atomic E-state index is 0.157. The highest BCUT2D eigenvalue weighted by Gasteiger charge is 2.20. The van der Waals surface area contributed by atoms with Crippen molar-refractivity contribution < 1.29 is 14.3 Å². The number of aryl methyl sites for hydroxylation is 1. The molecule has 162 valence electrons. The van der Waals surface area contributed by atoms with E-state index in [9.17, 15) is 4.79 Å². The van der Waals surface area contributed by atoms with Gasteiger partial charge < -0.3 is 14.8 Å². The number of carbonyl (C=O) groups excluding carboxylic acids is 1. The number of aromatic nitrogens is 3. The predicted octanol–water partition coefficient (Wildman–Crippen LogP) is 4.92. The van der Waals surface area contributed by atoms with Crippen LogP contribution in [0.15, 0.2) is 72.8 Å². The minimum Gasteiger partial charge on any atom is -0.495 e. The molecule has 4 rings (SSSR count). The van der Waals surface area contributed by atoms with Crippen LogP contribution in [0.2, 0.25) is 5.02 Å². The Labute approximate surface area is 190 Å². The van der Waals surface area contributed by atoms with Crippen LogP contribution in [0.4, 0.5) is 5.69 Å². The molecule has 0 aliphatic heterocycles. The van der Waals surface area contributed by atoms with E-state index in [0.29, 0.717) is 22.3 Å². The van der Waals surface area contributed by atoms with E-state index >= 15 is 0 Å². The Bertz CT molecular complexity index is 1260. The lowest BCUT2D eigenvalue weighted by Gasteiger charge is -2.14. The first-order valence-electron chi connectivity index (χ1n) is 9.90. The molecule has 0 unspecified atom stereocenters. The number of rotatable bonds is 7. The van der Waals surface area contributed by atoms with E-state index in [1.54, 1.807) is 23.8 Å². The molecule has 0 aliphatic carbocycles. The number of halogens is 1. The summed E-state index contributed by atoms with van der Waals surface area (Å²) in [5, 5.41) is 11.9. The zero-order chi connectivity index (χ0) is 22.5. The van der Waals surface area contributed by atoms with Gasteiger partial charge in [-0.1, -0.05) is 59.2 Å². The van der Waals surface area contributed by atoms with Gasteiger partial charge in [0.25, 0.3) is 5.91 Å². The van der Waals surface area contributed by atoms with Crippen molar-refractivity contribution in [3.05, 3.63) is 83.4 Å². The molecule has 0 spiro atoms. The topological polar surface area (TPSA) is 78.3 Å². The fourth-order valence-electron chi connectivity index (χ4n) is 3.24. The molecule has 8 heteroatoms. The molecule has 0 saturated carbocycles. The fraction of sp³-hybridized carbons (Fsp3) is 0.125. The monoisotopic (exact) mass is 448 g/mol. The van der Waals surface area contributed by atoms with Crippen molar-refractivity contribution in [2.45, 2.75) is 6.92 Å². The second-order valence-electron chi connectivity index (χ2n) is 6.98. The van der Waals surface area contributed by atoms with Crippen LogP contribution in [0.5, 0.6) is 11.8 Å². The summed E-state index contributed by atoms with van der Waals surface area (Å²) >= 11 is 6.18. The van der Waals surface area contributed by atoms with Crippen LogP contribution in [0.1, 0.15) is 5.56 Å². The normalized spacial score (nSPS) is 10.6. The molecule has 1 aromatic heterocycles. The molecule has 0 radical (unpaired) electrons. The Kier molecular flexibility index (Phi) is 6.37. The fourth-order valence-corrected chi connectivity index (χ4v) is 3.43. The van der Waals surface area contributed by atoms with Gasteiger partial charge in [-0.25, -0.2) is 4.57 Å². The van der Waals surface area contributed by atoms with Gasteiger partial charge in [0.1, 0.15) is 5.75 Å². The number of benzene rings is 3. The maximum Gasteiger partial charge on any atom is 0.322 e. The van der Waals surface area contributed by atoms with E-state index < -0.39 is 0 Å². The van der Waals surface area contributed by atoms with Crippen molar-refractivity contribution in [3.63, 3.8) is 0 Å². The standard InChI is InChI=1S/C24H21ClN4O3/c1-16-8-3-4-11-19(16)26-22(30)15-32-24-28-27-23(17-9-7-10-18(25)14-17)29(24)20-12-5-6-13-21(20)31-2/h3-14H,15H2,1-2H3,(H,26,30). The van der Waals surface area contributed by atoms with Gasteiger partial charge in [-0.3, -0.25) is 4.79 Å². The Balaban J connectivity index is 1.66. The van der Waals surface area contributed by atoms with Crippen LogP contribution >= 0.6 is 11.6 Å². The number of ether oxygens (including phenoxy) is 2. The summed E-state index contributed by atoms with van der Waals surface area (Å²) in [5.41, 5.74) is 3.10. The maximum atomic E-state index is 12.5. The Morgan fingerprint density at radius 1 is 1.03 bits per heavy atom. The average molecular weight is 449 g/mol. The first kappa shape index (κ1) is 21.4. The second-order valence-corrected chi connectivity index (χ2v) is 7.41. The lowest BCUT2D eigenvalue weighted by molar-refractivity contribution is -0.118. The number of hydrogen-bond donors (Lipinski definition) is 1. The molecule has 7 nitrogen and oxygen atoms in total. The predicted molar refractivity (Wildman–Crippen MR) is 124 cm³/mol. The van der Waals surface area contributed by atoms with E-state index in [4.69, 9.17) is 21.1 Å². The van der Waals surface area contributed by atoms with Crippen LogP contribution < -0.4 is 14.8 Å². The molecular formula is C24H21ClN4O3. The molecular weight excluding hydrogens is 428 g/mol. The van der Waals surface area contributed by atoms with E-state index in [0.717, 1.165) is 16.8 Å². The summed E-state index contributed by atoms with van der Waals surface area (Å²) in [6, 6.07) is 22.4. The summed E-state index contributed by atoms with van der Waals surface area (Å²) in [4.78, 5) is 12.5. The number of carbonyl (C=O) groups is 1. The third-order valence-corrected chi connectivity index (χ3v) is 5.03. The highest BCUT2D eigenvalue weighted by molar-refractivity contribution is 6.30. The van der Waals surface area contributed by atoms with Crippen molar-refractivity contribution in [3.8, 4) is 28.8 Å². The number of methoxy groups -OCH3 is 1. The molecule has 1 amide bonds. The van der Waals surface area contributed by atoms with Gasteiger partial charge in [0.05, 0.1) is 12.8 Å². The molecule has 0 saturated heterocycles. The Morgan fingerprint density at radius 3 is 2.59 bits per heavy atom. The highest BCUT2D eigenvalue weighted by Crippen LogP contribution is 2.32. The van der Waals surface area contributed by atoms with Crippen molar-refractivity contribution in [2.24, 2.45) is 0 Å². The van der Waals surface area contributed by atoms with Crippen LogP contribution in [0.3, 0.4) is 0 Å². The Morgan fingerprint density at radius 2 is 1.81 bits per heavy atom. The summed E-state index contributed by atoms with van der Waals surface area (Å²) < 4.78 is 13.0. The van der Waals surface area contributed by atoms with Gasteiger partial charge in [0, 0.05) is 16.3 Å². The molecule has 0 fully saturated rings. The lowest BCUT2D eigenvalue weighted by Crippen LogP contribution is -2.21. The van der Waals surface area contributed by atoms with Gasteiger partial charge in [-0.05, 0) is 42.8 Å². The van der Waals surface area contributed by atoms with Crippen LogP contribution in [0.25, 0.3) is 17.1 Å². The largest absolute Gasteiger partial charge is 0.495 e. The van der Waals surface area contributed by atoms with Gasteiger partial charge in [-0.15, -0.1) is 5.10 Å². The van der Waals surface area contributed by atoms with Crippen molar-refractivity contribution in [2.75, 3.05) is 19.0 Å². The smallest absolute Gasteiger partial charge is 0.322 e. The summed E-state index contributed by atoms with van der Waals surface area (Å²) in [5.74, 6) is 0.800. The molecule has 32 heavy (non-hydrogen) atoms. The second kappa shape index (κ2) is 9.53. The number of anilines is 1. The van der Waals surface area contributed by atoms with Crippen LogP contribution in [-0.4, -0.2) is 34.4 Å². The Hall–Kier alpha value is -3.84. The third kappa shape index (κ3) is 4.58. The van der Waals surface area contributed by atoms with Gasteiger partial charge in [0.15, 0.2) is 12.4 Å². The van der Waals surface area contributed by atoms with E-state index in [1.807, 2.05) is 67.6 Å². The summed E-state index contributed by atoms with van der Waals surface area (Å²) in [7, 11) is 1.58. The molecule has 0 aliphatic rings. The average Bonchev–Trinajstić information content (AvgIpc) is 3.23. The summed E-state index contributed by atoms with van der Waals surface area (Å²) in [6.07, 6.45) is 0. The van der Waals surface area contributed by atoms with Crippen LogP contribution in [0, 0.1) is 6.92 Å². The first-order chi connectivity index (χ1) is 15.6. The molecule has 0 atom stereocenters. The number of nitrogens with zero attached hydrogens (tertiary/aromatic N) is 3. The quantitative estimate of drug-likeness (QED) is 0.434. The number of nitrogens with one attached hydrogen (secondary N) is 1. The van der Waals surface area contributed by atoms with E-state index in [-0.39, 0.29) is 18.5 Å². The molecule has 1 N–H and O–H groups in total. The SMILES string of the molecule is COc1ccccc1-n1c(OCC(=O)Nc2ccccc2C)nnc1-c1cccc(Cl)c1. The van der Waals surface area contributed by atoms with Crippen LogP contribution in [-0.2, 0) is 4.79 Å². The van der Waals surface area contributed by atoms with Crippen molar-refractivity contribution in [1.82, 2.24) is 14.8 Å².